The van der Waals surface area contributed by atoms with Gasteiger partial charge in [-0.15, -0.1) is 0 Å². The Morgan fingerprint density at radius 2 is 1.95 bits per heavy atom. The zero-order valence-electron chi connectivity index (χ0n) is 11.3. The van der Waals surface area contributed by atoms with Gasteiger partial charge in [0.25, 0.3) is 6.43 Å². The van der Waals surface area contributed by atoms with Gasteiger partial charge < -0.3 is 15.2 Å². The molecule has 1 rings (SSSR count). The number of rotatable bonds is 8. The zero-order chi connectivity index (χ0) is 14.3. The molecule has 3 nitrogen and oxygen atoms in total. The molecule has 1 atom stereocenters. The lowest BCUT2D eigenvalue weighted by molar-refractivity contribution is 0.0247. The number of benzene rings is 1. The van der Waals surface area contributed by atoms with Crippen LogP contribution in [0.5, 0.6) is 0 Å². The molecule has 5 heteroatoms. The highest BCUT2D eigenvalue weighted by Gasteiger charge is 2.19. The van der Waals surface area contributed by atoms with E-state index in [9.17, 15) is 13.9 Å². The van der Waals surface area contributed by atoms with Crippen molar-refractivity contribution in [2.24, 2.45) is 0 Å². The number of hydrogen-bond acceptors (Lipinski definition) is 3. The van der Waals surface area contributed by atoms with Crippen LogP contribution in [0.2, 0.25) is 0 Å². The predicted octanol–water partition coefficient (Wildman–Crippen LogP) is 2.50. The maximum absolute atomic E-state index is 12.4. The van der Waals surface area contributed by atoms with E-state index in [1.54, 1.807) is 26.2 Å². The maximum atomic E-state index is 12.4. The lowest BCUT2D eigenvalue weighted by Crippen LogP contribution is -2.38. The van der Waals surface area contributed by atoms with Crippen LogP contribution in [0, 0.1) is 0 Å². The molecule has 0 bridgehead atoms. The third kappa shape index (κ3) is 6.09. The van der Waals surface area contributed by atoms with E-state index < -0.39 is 12.0 Å². The average Bonchev–Trinajstić information content (AvgIpc) is 2.37. The summed E-state index contributed by atoms with van der Waals surface area (Å²) in [5.74, 6) is 0. The zero-order valence-corrected chi connectivity index (χ0v) is 11.3. The summed E-state index contributed by atoms with van der Waals surface area (Å²) < 4.78 is 29.6. The molecule has 0 aliphatic heterocycles. The van der Waals surface area contributed by atoms with E-state index in [-0.39, 0.29) is 5.56 Å². The largest absolute Gasteiger partial charge is 0.389 e. The van der Waals surface area contributed by atoms with Crippen molar-refractivity contribution in [2.75, 3.05) is 20.3 Å². The van der Waals surface area contributed by atoms with Crippen molar-refractivity contribution in [3.05, 3.63) is 35.4 Å². The fourth-order valence-electron chi connectivity index (χ4n) is 1.67. The first-order valence-corrected chi connectivity index (χ1v) is 6.23. The number of hydrogen-bond donors (Lipinski definition) is 2. The van der Waals surface area contributed by atoms with Gasteiger partial charge in [-0.05, 0) is 12.5 Å². The molecule has 0 amide bonds. The van der Waals surface area contributed by atoms with Crippen LogP contribution in [-0.2, 0) is 11.3 Å². The minimum absolute atomic E-state index is 0.0239. The topological polar surface area (TPSA) is 41.5 Å². The molecule has 0 aromatic heterocycles. The lowest BCUT2D eigenvalue weighted by atomic mass is 10.0. The second kappa shape index (κ2) is 7.53. The van der Waals surface area contributed by atoms with Gasteiger partial charge in [-0.25, -0.2) is 8.78 Å². The first-order chi connectivity index (χ1) is 8.94. The molecule has 0 spiro atoms. The third-order valence-electron chi connectivity index (χ3n) is 2.91. The number of halogens is 2. The van der Waals surface area contributed by atoms with Gasteiger partial charge in [0.15, 0.2) is 0 Å². The molecule has 19 heavy (non-hydrogen) atoms. The summed E-state index contributed by atoms with van der Waals surface area (Å²) in [6.45, 7) is 3.19. The van der Waals surface area contributed by atoms with Crippen molar-refractivity contribution in [3.8, 4) is 0 Å². The summed E-state index contributed by atoms with van der Waals surface area (Å²) in [6.07, 6.45) is -1.89. The molecule has 2 N–H and O–H groups in total. The van der Waals surface area contributed by atoms with Gasteiger partial charge in [0.05, 0.1) is 5.60 Å². The average molecular weight is 273 g/mol. The second-order valence-corrected chi connectivity index (χ2v) is 4.89. The minimum Gasteiger partial charge on any atom is -0.389 e. The van der Waals surface area contributed by atoms with Crippen LogP contribution in [0.15, 0.2) is 24.3 Å². The highest BCUT2D eigenvalue weighted by atomic mass is 19.3. The molecule has 1 aromatic carbocycles. The SMILES string of the molecule is COCCC(C)(O)CNCc1ccc(C(F)F)cc1. The van der Waals surface area contributed by atoms with Crippen LogP contribution in [0.25, 0.3) is 0 Å². The van der Waals surface area contributed by atoms with Crippen LogP contribution in [0.1, 0.15) is 30.9 Å². The van der Waals surface area contributed by atoms with E-state index in [4.69, 9.17) is 4.74 Å². The van der Waals surface area contributed by atoms with Crippen molar-refractivity contribution in [1.29, 1.82) is 0 Å². The molecular weight excluding hydrogens is 252 g/mol. The fourth-order valence-corrected chi connectivity index (χ4v) is 1.67. The van der Waals surface area contributed by atoms with Crippen molar-refractivity contribution in [2.45, 2.75) is 31.9 Å². The maximum Gasteiger partial charge on any atom is 0.263 e. The van der Waals surface area contributed by atoms with Gasteiger partial charge in [-0.3, -0.25) is 0 Å². The summed E-state index contributed by atoms with van der Waals surface area (Å²) in [5, 5.41) is 13.1. The molecule has 108 valence electrons. The molecular formula is C14H21F2NO2. The highest BCUT2D eigenvalue weighted by Crippen LogP contribution is 2.18. The summed E-state index contributed by atoms with van der Waals surface area (Å²) in [7, 11) is 1.59. The quantitative estimate of drug-likeness (QED) is 0.764. The molecule has 1 aromatic rings. The Labute approximate surface area is 112 Å². The minimum atomic E-state index is -2.43. The molecule has 0 saturated heterocycles. The van der Waals surface area contributed by atoms with Crippen LogP contribution in [0.3, 0.4) is 0 Å². The fraction of sp³-hybridized carbons (Fsp3) is 0.571. The number of ether oxygens (including phenoxy) is 1. The Morgan fingerprint density at radius 1 is 1.32 bits per heavy atom. The number of methoxy groups -OCH3 is 1. The van der Waals surface area contributed by atoms with E-state index in [0.717, 1.165) is 5.56 Å². The number of aliphatic hydroxyl groups is 1. The highest BCUT2D eigenvalue weighted by molar-refractivity contribution is 5.23. The van der Waals surface area contributed by atoms with Gasteiger partial charge in [0.1, 0.15) is 0 Å². The van der Waals surface area contributed by atoms with Crippen molar-refractivity contribution in [1.82, 2.24) is 5.32 Å². The summed E-state index contributed by atoms with van der Waals surface area (Å²) in [4.78, 5) is 0. The third-order valence-corrected chi connectivity index (χ3v) is 2.91. The molecule has 0 radical (unpaired) electrons. The molecule has 0 heterocycles. The molecule has 0 aliphatic rings. The van der Waals surface area contributed by atoms with E-state index in [1.807, 2.05) is 0 Å². The predicted molar refractivity (Wildman–Crippen MR) is 70.2 cm³/mol. The van der Waals surface area contributed by atoms with Crippen molar-refractivity contribution in [3.63, 3.8) is 0 Å². The monoisotopic (exact) mass is 273 g/mol. The first kappa shape index (κ1) is 16.0. The molecule has 0 aliphatic carbocycles. The molecule has 0 fully saturated rings. The summed E-state index contributed by atoms with van der Waals surface area (Å²) in [6, 6.07) is 6.17. The van der Waals surface area contributed by atoms with Crippen molar-refractivity contribution < 1.29 is 18.6 Å². The smallest absolute Gasteiger partial charge is 0.263 e. The molecule has 0 saturated carbocycles. The van der Waals surface area contributed by atoms with E-state index in [2.05, 4.69) is 5.32 Å². The van der Waals surface area contributed by atoms with Crippen LogP contribution in [-0.4, -0.2) is 31.0 Å². The van der Waals surface area contributed by atoms with Gasteiger partial charge in [-0.2, -0.15) is 0 Å². The van der Waals surface area contributed by atoms with E-state index >= 15 is 0 Å². The summed E-state index contributed by atoms with van der Waals surface area (Å²) >= 11 is 0. The van der Waals surface area contributed by atoms with Crippen LogP contribution in [0.4, 0.5) is 8.78 Å². The van der Waals surface area contributed by atoms with Gasteiger partial charge in [-0.1, -0.05) is 24.3 Å². The van der Waals surface area contributed by atoms with E-state index in [0.29, 0.717) is 26.1 Å². The van der Waals surface area contributed by atoms with Crippen LogP contribution < -0.4 is 5.32 Å². The van der Waals surface area contributed by atoms with Gasteiger partial charge in [0.2, 0.25) is 0 Å². The van der Waals surface area contributed by atoms with E-state index in [1.165, 1.54) is 12.1 Å². The lowest BCUT2D eigenvalue weighted by Gasteiger charge is -2.23. The number of alkyl halides is 2. The van der Waals surface area contributed by atoms with Crippen LogP contribution >= 0.6 is 0 Å². The Bertz CT molecular complexity index is 366. The molecule has 1 unspecified atom stereocenters. The standard InChI is InChI=1S/C14H21F2NO2/c1-14(18,7-8-19-2)10-17-9-11-3-5-12(6-4-11)13(15)16/h3-6,13,17-18H,7-10H2,1-2H3. The Morgan fingerprint density at radius 3 is 2.47 bits per heavy atom. The first-order valence-electron chi connectivity index (χ1n) is 6.23. The van der Waals surface area contributed by atoms with Gasteiger partial charge in [0, 0.05) is 38.8 Å². The normalized spacial score (nSPS) is 14.6. The Balaban J connectivity index is 2.36. The summed E-state index contributed by atoms with van der Waals surface area (Å²) in [5.41, 5.74) is 0.0987. The Kier molecular flexibility index (Phi) is 6.34. The van der Waals surface area contributed by atoms with Crippen molar-refractivity contribution >= 4 is 0 Å². The Hall–Kier alpha value is -1.04. The second-order valence-electron chi connectivity index (χ2n) is 4.89. The number of nitrogens with one attached hydrogen (secondary N) is 1. The van der Waals surface area contributed by atoms with Gasteiger partial charge >= 0.3 is 0 Å².